The van der Waals surface area contributed by atoms with E-state index in [1.807, 2.05) is 42.7 Å². The van der Waals surface area contributed by atoms with E-state index in [0.717, 1.165) is 50.3 Å². The van der Waals surface area contributed by atoms with Crippen LogP contribution in [0.3, 0.4) is 0 Å². The summed E-state index contributed by atoms with van der Waals surface area (Å²) in [5.41, 5.74) is 4.60. The van der Waals surface area contributed by atoms with Crippen molar-refractivity contribution in [3.05, 3.63) is 77.6 Å². The fourth-order valence-corrected chi connectivity index (χ4v) is 3.75. The molecule has 4 rings (SSSR count). The highest BCUT2D eigenvalue weighted by Crippen LogP contribution is 2.16. The van der Waals surface area contributed by atoms with Crippen LogP contribution in [0, 0.1) is 6.92 Å². The van der Waals surface area contributed by atoms with Crippen molar-refractivity contribution in [3.63, 3.8) is 0 Å². The number of ether oxygens (including phenoxy) is 1. The lowest BCUT2D eigenvalue weighted by Crippen LogP contribution is -2.49. The van der Waals surface area contributed by atoms with Crippen molar-refractivity contribution < 1.29 is 9.53 Å². The summed E-state index contributed by atoms with van der Waals surface area (Å²) in [5.74, 6) is 0.586. The number of imidazole rings is 1. The van der Waals surface area contributed by atoms with E-state index in [1.54, 1.807) is 11.2 Å². The SMILES string of the molecule is Cc1ccnc(CCc2ccc(OC(=O)N3CCN(CCc4c[nH]cn4)CC3)cc2)c1. The third-order valence-electron chi connectivity index (χ3n) is 5.64. The fourth-order valence-electron chi connectivity index (χ4n) is 3.75. The number of H-pyrrole nitrogens is 1. The van der Waals surface area contributed by atoms with Crippen molar-refractivity contribution in [3.8, 4) is 5.75 Å². The van der Waals surface area contributed by atoms with Crippen molar-refractivity contribution in [2.75, 3.05) is 32.7 Å². The summed E-state index contributed by atoms with van der Waals surface area (Å²) in [7, 11) is 0. The Morgan fingerprint density at radius 1 is 1.00 bits per heavy atom. The number of nitrogens with zero attached hydrogens (tertiary/aromatic N) is 4. The number of nitrogens with one attached hydrogen (secondary N) is 1. The van der Waals surface area contributed by atoms with E-state index in [-0.39, 0.29) is 6.09 Å². The number of aryl methyl sites for hydroxylation is 3. The first-order valence-electron chi connectivity index (χ1n) is 10.8. The Morgan fingerprint density at radius 3 is 2.52 bits per heavy atom. The van der Waals surface area contributed by atoms with Crippen LogP contribution in [0.1, 0.15) is 22.5 Å². The molecule has 1 aliphatic heterocycles. The molecule has 0 aliphatic carbocycles. The van der Waals surface area contributed by atoms with Crippen molar-refractivity contribution in [1.29, 1.82) is 0 Å². The number of hydrogen-bond acceptors (Lipinski definition) is 5. The number of pyridine rings is 1. The third-order valence-corrected chi connectivity index (χ3v) is 5.64. The molecule has 3 aromatic rings. The topological polar surface area (TPSA) is 74.3 Å². The molecule has 0 spiro atoms. The zero-order valence-corrected chi connectivity index (χ0v) is 18.0. The molecule has 7 heteroatoms. The lowest BCUT2D eigenvalue weighted by molar-refractivity contribution is 0.111. The Bertz CT molecular complexity index is 964. The van der Waals surface area contributed by atoms with E-state index < -0.39 is 0 Å². The molecular weight excluding hydrogens is 390 g/mol. The molecule has 1 aromatic carbocycles. The largest absolute Gasteiger partial charge is 0.415 e. The van der Waals surface area contributed by atoms with E-state index >= 15 is 0 Å². The number of piperazine rings is 1. The second kappa shape index (κ2) is 10.2. The number of rotatable bonds is 7. The number of amides is 1. The van der Waals surface area contributed by atoms with E-state index in [9.17, 15) is 4.79 Å². The van der Waals surface area contributed by atoms with Gasteiger partial charge in [0.05, 0.1) is 12.0 Å². The lowest BCUT2D eigenvalue weighted by Gasteiger charge is -2.33. The summed E-state index contributed by atoms with van der Waals surface area (Å²) in [4.78, 5) is 28.3. The number of aromatic amines is 1. The number of benzene rings is 1. The van der Waals surface area contributed by atoms with Gasteiger partial charge in [0.25, 0.3) is 0 Å². The van der Waals surface area contributed by atoms with Crippen molar-refractivity contribution in [2.24, 2.45) is 0 Å². The summed E-state index contributed by atoms with van der Waals surface area (Å²) in [5, 5.41) is 0. The highest BCUT2D eigenvalue weighted by Gasteiger charge is 2.22. The van der Waals surface area contributed by atoms with Gasteiger partial charge >= 0.3 is 6.09 Å². The van der Waals surface area contributed by atoms with Crippen LogP contribution >= 0.6 is 0 Å². The van der Waals surface area contributed by atoms with Crippen LogP contribution in [0.4, 0.5) is 4.79 Å². The summed E-state index contributed by atoms with van der Waals surface area (Å²) in [6.45, 7) is 6.10. The smallest absolute Gasteiger partial charge is 0.410 e. The molecule has 1 fully saturated rings. The van der Waals surface area contributed by atoms with Crippen LogP contribution in [0.2, 0.25) is 0 Å². The monoisotopic (exact) mass is 419 g/mol. The lowest BCUT2D eigenvalue weighted by atomic mass is 10.1. The molecule has 0 bridgehead atoms. The Morgan fingerprint density at radius 2 is 1.81 bits per heavy atom. The molecule has 31 heavy (non-hydrogen) atoms. The maximum Gasteiger partial charge on any atom is 0.415 e. The molecule has 0 saturated carbocycles. The summed E-state index contributed by atoms with van der Waals surface area (Å²) in [6, 6.07) is 11.9. The van der Waals surface area contributed by atoms with Crippen molar-refractivity contribution >= 4 is 6.09 Å². The molecule has 0 radical (unpaired) electrons. The van der Waals surface area contributed by atoms with Crippen LogP contribution in [0.15, 0.2) is 55.1 Å². The van der Waals surface area contributed by atoms with Crippen LogP contribution in [-0.2, 0) is 19.3 Å². The number of carbonyl (C=O) groups excluding carboxylic acids is 1. The van der Waals surface area contributed by atoms with Gasteiger partial charge in [-0.2, -0.15) is 0 Å². The second-order valence-electron chi connectivity index (χ2n) is 7.98. The molecule has 1 aliphatic rings. The highest BCUT2D eigenvalue weighted by molar-refractivity contribution is 5.70. The third kappa shape index (κ3) is 6.15. The predicted octanol–water partition coefficient (Wildman–Crippen LogP) is 3.26. The molecule has 3 heterocycles. The van der Waals surface area contributed by atoms with E-state index in [2.05, 4.69) is 32.8 Å². The average Bonchev–Trinajstić information content (AvgIpc) is 3.31. The van der Waals surface area contributed by atoms with Crippen LogP contribution in [0.25, 0.3) is 0 Å². The predicted molar refractivity (Wildman–Crippen MR) is 119 cm³/mol. The Balaban J connectivity index is 1.20. The molecule has 1 amide bonds. The van der Waals surface area contributed by atoms with E-state index in [4.69, 9.17) is 4.74 Å². The zero-order valence-electron chi connectivity index (χ0n) is 18.0. The van der Waals surface area contributed by atoms with Gasteiger partial charge in [-0.25, -0.2) is 9.78 Å². The van der Waals surface area contributed by atoms with E-state index in [1.165, 1.54) is 11.1 Å². The van der Waals surface area contributed by atoms with Gasteiger partial charge in [0.1, 0.15) is 5.75 Å². The Kier molecular flexibility index (Phi) is 6.94. The number of aromatic nitrogens is 3. The first-order chi connectivity index (χ1) is 15.2. The summed E-state index contributed by atoms with van der Waals surface area (Å²) >= 11 is 0. The first-order valence-corrected chi connectivity index (χ1v) is 10.8. The van der Waals surface area contributed by atoms with Gasteiger partial charge < -0.3 is 14.6 Å². The molecule has 1 saturated heterocycles. The van der Waals surface area contributed by atoms with Gasteiger partial charge in [0.15, 0.2) is 0 Å². The zero-order chi connectivity index (χ0) is 21.5. The summed E-state index contributed by atoms with van der Waals surface area (Å²) < 4.78 is 5.58. The molecule has 162 valence electrons. The van der Waals surface area contributed by atoms with Gasteiger partial charge in [-0.15, -0.1) is 0 Å². The standard InChI is InChI=1S/C24H29N5O2/c1-19-8-10-26-21(16-19)5-2-20-3-6-23(7-4-20)31-24(30)29-14-12-28(13-15-29)11-9-22-17-25-18-27-22/h3-4,6-8,10,16-18H,2,5,9,11-15H2,1H3,(H,25,27). The van der Waals surface area contributed by atoms with Gasteiger partial charge in [-0.05, 0) is 55.2 Å². The van der Waals surface area contributed by atoms with Gasteiger partial charge in [-0.3, -0.25) is 9.88 Å². The van der Waals surface area contributed by atoms with Crippen LogP contribution in [0.5, 0.6) is 5.75 Å². The first kappa shape index (κ1) is 21.1. The van der Waals surface area contributed by atoms with Gasteiger partial charge in [0, 0.05) is 57.2 Å². The minimum atomic E-state index is -0.274. The molecule has 2 aromatic heterocycles. The van der Waals surface area contributed by atoms with Crippen LogP contribution < -0.4 is 4.74 Å². The maximum absolute atomic E-state index is 12.5. The highest BCUT2D eigenvalue weighted by atomic mass is 16.6. The van der Waals surface area contributed by atoms with Crippen molar-refractivity contribution in [2.45, 2.75) is 26.2 Å². The second-order valence-corrected chi connectivity index (χ2v) is 7.98. The Labute approximate surface area is 183 Å². The average molecular weight is 420 g/mol. The number of carbonyl (C=O) groups is 1. The Hall–Kier alpha value is -3.19. The molecular formula is C24H29N5O2. The molecule has 0 atom stereocenters. The minimum absolute atomic E-state index is 0.274. The fraction of sp³-hybridized carbons (Fsp3) is 0.375. The van der Waals surface area contributed by atoms with Crippen LogP contribution in [-0.4, -0.2) is 63.6 Å². The summed E-state index contributed by atoms with van der Waals surface area (Å²) in [6.07, 6.45) is 7.93. The number of hydrogen-bond donors (Lipinski definition) is 1. The molecule has 0 unspecified atom stereocenters. The molecule has 7 nitrogen and oxygen atoms in total. The minimum Gasteiger partial charge on any atom is -0.410 e. The van der Waals surface area contributed by atoms with E-state index in [0.29, 0.717) is 18.8 Å². The van der Waals surface area contributed by atoms with Crippen molar-refractivity contribution in [1.82, 2.24) is 24.8 Å². The quantitative estimate of drug-likeness (QED) is 0.636. The molecule has 1 N–H and O–H groups in total. The normalized spacial score (nSPS) is 14.5. The van der Waals surface area contributed by atoms with Gasteiger partial charge in [0.2, 0.25) is 0 Å². The maximum atomic E-state index is 12.5. The van der Waals surface area contributed by atoms with Gasteiger partial charge in [-0.1, -0.05) is 12.1 Å².